The average Bonchev–Trinajstić information content (AvgIpc) is 2.62. The molecule has 0 spiro atoms. The van der Waals surface area contributed by atoms with E-state index in [4.69, 9.17) is 0 Å². The number of amides is 1. The summed E-state index contributed by atoms with van der Waals surface area (Å²) in [6.45, 7) is 10.1. The smallest absolute Gasteiger partial charge is 0.271 e. The highest BCUT2D eigenvalue weighted by Crippen LogP contribution is 2.43. The van der Waals surface area contributed by atoms with Gasteiger partial charge in [-0.25, -0.2) is 5.43 Å². The lowest BCUT2D eigenvalue weighted by Gasteiger charge is -2.47. The minimum absolute atomic E-state index is 0.162. The molecule has 1 aromatic heterocycles. The van der Waals surface area contributed by atoms with Crippen molar-refractivity contribution in [2.24, 2.45) is 5.10 Å². The summed E-state index contributed by atoms with van der Waals surface area (Å²) in [5.41, 5.74) is 6.90. The standard InChI is InChI=1S/C21H26N4O/c1-5-25-19-7-6-16(12-18(19)15(2)13-21(25,3)4)14-23-24-20(26)17-8-10-22-11-9-17/h6-12,14-15H,5,13H2,1-4H3,(H,24,26)/b23-14-/t15-/m0/s1. The van der Waals surface area contributed by atoms with Crippen LogP contribution in [-0.4, -0.2) is 29.2 Å². The van der Waals surface area contributed by atoms with E-state index < -0.39 is 0 Å². The largest absolute Gasteiger partial charge is 0.366 e. The van der Waals surface area contributed by atoms with Crippen molar-refractivity contribution in [1.29, 1.82) is 0 Å². The molecule has 1 N–H and O–H groups in total. The van der Waals surface area contributed by atoms with Crippen LogP contribution >= 0.6 is 0 Å². The highest BCUT2D eigenvalue weighted by molar-refractivity contribution is 5.94. The zero-order chi connectivity index (χ0) is 18.7. The lowest BCUT2D eigenvalue weighted by Crippen LogP contribution is -2.48. The van der Waals surface area contributed by atoms with Crippen LogP contribution in [0.2, 0.25) is 0 Å². The Kier molecular flexibility index (Phi) is 5.07. The van der Waals surface area contributed by atoms with E-state index in [1.54, 1.807) is 30.7 Å². The van der Waals surface area contributed by atoms with E-state index in [-0.39, 0.29) is 11.4 Å². The first-order valence-corrected chi connectivity index (χ1v) is 9.07. The number of nitrogens with zero attached hydrogens (tertiary/aromatic N) is 3. The fourth-order valence-corrected chi connectivity index (χ4v) is 3.92. The van der Waals surface area contributed by atoms with E-state index in [2.05, 4.69) is 66.3 Å². The first-order chi connectivity index (χ1) is 12.4. The van der Waals surface area contributed by atoms with Crippen molar-refractivity contribution < 1.29 is 4.79 Å². The monoisotopic (exact) mass is 350 g/mol. The number of aromatic nitrogens is 1. The molecule has 0 aliphatic carbocycles. The summed E-state index contributed by atoms with van der Waals surface area (Å²) in [5, 5.41) is 4.10. The Hall–Kier alpha value is -2.69. The quantitative estimate of drug-likeness (QED) is 0.671. The van der Waals surface area contributed by atoms with Crippen LogP contribution in [0.5, 0.6) is 0 Å². The van der Waals surface area contributed by atoms with Crippen LogP contribution in [0.4, 0.5) is 5.69 Å². The molecule has 1 aromatic carbocycles. The van der Waals surface area contributed by atoms with E-state index in [0.717, 1.165) is 18.5 Å². The summed E-state index contributed by atoms with van der Waals surface area (Å²) in [4.78, 5) is 18.4. The van der Waals surface area contributed by atoms with E-state index in [1.807, 2.05) is 0 Å². The molecule has 5 nitrogen and oxygen atoms in total. The summed E-state index contributed by atoms with van der Waals surface area (Å²) >= 11 is 0. The lowest BCUT2D eigenvalue weighted by atomic mass is 9.79. The number of hydrogen-bond acceptors (Lipinski definition) is 4. The van der Waals surface area contributed by atoms with E-state index in [1.165, 1.54) is 11.3 Å². The van der Waals surface area contributed by atoms with E-state index in [9.17, 15) is 4.79 Å². The second-order valence-electron chi connectivity index (χ2n) is 7.42. The third-order valence-corrected chi connectivity index (χ3v) is 5.05. The van der Waals surface area contributed by atoms with Crippen molar-refractivity contribution in [2.75, 3.05) is 11.4 Å². The number of nitrogens with one attached hydrogen (secondary N) is 1. The first-order valence-electron chi connectivity index (χ1n) is 9.07. The molecule has 1 aliphatic rings. The number of fused-ring (bicyclic) bond motifs is 1. The van der Waals surface area contributed by atoms with Crippen LogP contribution in [-0.2, 0) is 0 Å². The average molecular weight is 350 g/mol. The van der Waals surface area contributed by atoms with Crippen molar-refractivity contribution in [3.63, 3.8) is 0 Å². The Morgan fingerprint density at radius 2 is 2.08 bits per heavy atom. The highest BCUT2D eigenvalue weighted by atomic mass is 16.2. The molecule has 0 bridgehead atoms. The Morgan fingerprint density at radius 1 is 1.35 bits per heavy atom. The molecule has 136 valence electrons. The number of anilines is 1. The van der Waals surface area contributed by atoms with Crippen LogP contribution in [0.15, 0.2) is 47.8 Å². The number of rotatable bonds is 4. The predicted octanol–water partition coefficient (Wildman–Crippen LogP) is 3.96. The van der Waals surface area contributed by atoms with Gasteiger partial charge in [0.15, 0.2) is 0 Å². The molecule has 0 fully saturated rings. The second-order valence-corrected chi connectivity index (χ2v) is 7.42. The molecule has 0 saturated heterocycles. The van der Waals surface area contributed by atoms with Gasteiger partial charge in [-0.1, -0.05) is 13.0 Å². The molecule has 1 atom stereocenters. The van der Waals surface area contributed by atoms with Gasteiger partial charge < -0.3 is 4.90 Å². The molecular formula is C21H26N4O. The van der Waals surface area contributed by atoms with Crippen molar-refractivity contribution >= 4 is 17.8 Å². The Balaban J connectivity index is 1.77. The summed E-state index contributed by atoms with van der Waals surface area (Å²) in [5.74, 6) is 0.247. The minimum atomic E-state index is -0.242. The minimum Gasteiger partial charge on any atom is -0.366 e. The van der Waals surface area contributed by atoms with Gasteiger partial charge in [-0.05, 0) is 68.5 Å². The molecular weight excluding hydrogens is 324 g/mol. The summed E-state index contributed by atoms with van der Waals surface area (Å²) < 4.78 is 0. The van der Waals surface area contributed by atoms with Gasteiger partial charge in [0.2, 0.25) is 0 Å². The molecule has 3 rings (SSSR count). The van der Waals surface area contributed by atoms with Crippen LogP contribution < -0.4 is 10.3 Å². The maximum atomic E-state index is 12.0. The fraction of sp³-hybridized carbons (Fsp3) is 0.381. The van der Waals surface area contributed by atoms with Crippen molar-refractivity contribution in [2.45, 2.75) is 45.6 Å². The molecule has 0 radical (unpaired) electrons. The maximum absolute atomic E-state index is 12.0. The van der Waals surface area contributed by atoms with Gasteiger partial charge in [-0.2, -0.15) is 5.10 Å². The zero-order valence-electron chi connectivity index (χ0n) is 15.9. The second kappa shape index (κ2) is 7.28. The Morgan fingerprint density at radius 3 is 2.77 bits per heavy atom. The Labute approximate surface area is 155 Å². The normalized spacial score (nSPS) is 18.6. The highest BCUT2D eigenvalue weighted by Gasteiger charge is 2.35. The number of carbonyl (C=O) groups excluding carboxylic acids is 1. The first kappa shape index (κ1) is 18.1. The molecule has 1 amide bonds. The molecule has 5 heteroatoms. The lowest BCUT2D eigenvalue weighted by molar-refractivity contribution is 0.0955. The summed E-state index contributed by atoms with van der Waals surface area (Å²) in [6.07, 6.45) is 5.99. The Bertz CT molecular complexity index is 814. The van der Waals surface area contributed by atoms with Crippen molar-refractivity contribution in [3.05, 3.63) is 59.4 Å². The van der Waals surface area contributed by atoms with Gasteiger partial charge in [0, 0.05) is 35.7 Å². The summed E-state index contributed by atoms with van der Waals surface area (Å²) in [7, 11) is 0. The van der Waals surface area contributed by atoms with Crippen LogP contribution in [0.1, 0.15) is 61.5 Å². The number of carbonyl (C=O) groups is 1. The molecule has 2 heterocycles. The van der Waals surface area contributed by atoms with Gasteiger partial charge in [-0.15, -0.1) is 0 Å². The topological polar surface area (TPSA) is 57.6 Å². The number of hydrogen-bond donors (Lipinski definition) is 1. The van der Waals surface area contributed by atoms with Crippen molar-refractivity contribution in [1.82, 2.24) is 10.4 Å². The SMILES string of the molecule is CCN1c2ccc(/C=N\NC(=O)c3ccncc3)cc2[C@@H](C)CC1(C)C. The zero-order valence-corrected chi connectivity index (χ0v) is 15.9. The number of benzene rings is 1. The van der Waals surface area contributed by atoms with Crippen LogP contribution in [0.25, 0.3) is 0 Å². The maximum Gasteiger partial charge on any atom is 0.271 e. The van der Waals surface area contributed by atoms with Gasteiger partial charge in [0.25, 0.3) is 5.91 Å². The van der Waals surface area contributed by atoms with Crippen molar-refractivity contribution in [3.8, 4) is 0 Å². The third-order valence-electron chi connectivity index (χ3n) is 5.05. The van der Waals surface area contributed by atoms with Crippen LogP contribution in [0.3, 0.4) is 0 Å². The predicted molar refractivity (Wildman–Crippen MR) is 106 cm³/mol. The van der Waals surface area contributed by atoms with Crippen LogP contribution in [0, 0.1) is 0 Å². The molecule has 26 heavy (non-hydrogen) atoms. The van der Waals surface area contributed by atoms with E-state index >= 15 is 0 Å². The van der Waals surface area contributed by atoms with Gasteiger partial charge in [0.1, 0.15) is 0 Å². The summed E-state index contributed by atoms with van der Waals surface area (Å²) in [6, 6.07) is 9.72. The third kappa shape index (κ3) is 3.62. The molecule has 0 unspecified atom stereocenters. The number of hydrazone groups is 1. The van der Waals surface area contributed by atoms with Gasteiger partial charge in [-0.3, -0.25) is 9.78 Å². The molecule has 2 aromatic rings. The molecule has 0 saturated carbocycles. The number of pyridine rings is 1. The fourth-order valence-electron chi connectivity index (χ4n) is 3.92. The van der Waals surface area contributed by atoms with Gasteiger partial charge >= 0.3 is 0 Å². The van der Waals surface area contributed by atoms with E-state index in [0.29, 0.717) is 11.5 Å². The van der Waals surface area contributed by atoms with Gasteiger partial charge in [0.05, 0.1) is 6.21 Å². The molecule has 1 aliphatic heterocycles.